The normalized spacial score (nSPS) is 13.7. The summed E-state index contributed by atoms with van der Waals surface area (Å²) >= 11 is 0. The first kappa shape index (κ1) is 13.9. The Labute approximate surface area is 101 Å². The smallest absolute Gasteiger partial charge is 0.149 e. The molecule has 0 aliphatic heterocycles. The van der Waals surface area contributed by atoms with Gasteiger partial charge in [-0.05, 0) is 38.8 Å². The molecule has 0 bridgehead atoms. The molecule has 2 nitrogen and oxygen atoms in total. The van der Waals surface area contributed by atoms with E-state index in [0.717, 1.165) is 0 Å². The number of hydrogen-bond donors (Lipinski definition) is 2. The lowest BCUT2D eigenvalue weighted by molar-refractivity contribution is 0.204. The van der Waals surface area contributed by atoms with Crippen molar-refractivity contribution in [3.05, 3.63) is 29.6 Å². The maximum absolute atomic E-state index is 13.6. The zero-order valence-electron chi connectivity index (χ0n) is 10.6. The molecule has 0 saturated heterocycles. The summed E-state index contributed by atoms with van der Waals surface area (Å²) in [5.74, 6) is -0.374. The molecule has 96 valence electrons. The van der Waals surface area contributed by atoms with Gasteiger partial charge in [0.2, 0.25) is 0 Å². The van der Waals surface area contributed by atoms with Gasteiger partial charge in [0.05, 0.1) is 5.69 Å². The monoisotopic (exact) mass is 242 g/mol. The molecular weight excluding hydrogens is 222 g/mol. The van der Waals surface area contributed by atoms with E-state index in [1.807, 2.05) is 6.92 Å². The minimum atomic E-state index is -1.26. The molecule has 17 heavy (non-hydrogen) atoms. The zero-order chi connectivity index (χ0) is 13.1. The molecule has 0 aliphatic carbocycles. The Hall–Kier alpha value is -1.16. The fraction of sp³-hybridized carbons (Fsp3) is 0.538. The van der Waals surface area contributed by atoms with Gasteiger partial charge in [0.15, 0.2) is 0 Å². The molecule has 1 atom stereocenters. The van der Waals surface area contributed by atoms with Crippen LogP contribution in [0.3, 0.4) is 0 Å². The van der Waals surface area contributed by atoms with Gasteiger partial charge in [0, 0.05) is 12.6 Å². The Balaban J connectivity index is 2.56. The lowest BCUT2D eigenvalue weighted by atomic mass is 10.0. The Kier molecular flexibility index (Phi) is 4.46. The van der Waals surface area contributed by atoms with Gasteiger partial charge in [-0.25, -0.2) is 8.78 Å². The molecule has 0 spiro atoms. The van der Waals surface area contributed by atoms with Crippen LogP contribution < -0.4 is 11.1 Å². The largest absolute Gasteiger partial charge is 0.396 e. The van der Waals surface area contributed by atoms with Crippen LogP contribution in [0.1, 0.15) is 26.3 Å². The SMILES string of the molecule is C[C@H](Cc1cccc(N)c1F)NCC(C)(C)F. The van der Waals surface area contributed by atoms with E-state index in [0.29, 0.717) is 12.0 Å². The van der Waals surface area contributed by atoms with E-state index in [1.54, 1.807) is 12.1 Å². The third-order valence-corrected chi connectivity index (χ3v) is 2.51. The molecule has 1 aromatic rings. The van der Waals surface area contributed by atoms with Gasteiger partial charge >= 0.3 is 0 Å². The number of rotatable bonds is 5. The highest BCUT2D eigenvalue weighted by Crippen LogP contribution is 2.16. The van der Waals surface area contributed by atoms with Gasteiger partial charge in [0.1, 0.15) is 11.5 Å². The third-order valence-electron chi connectivity index (χ3n) is 2.51. The number of nitrogen functional groups attached to an aromatic ring is 1. The second kappa shape index (κ2) is 5.45. The summed E-state index contributed by atoms with van der Waals surface area (Å²) in [6.07, 6.45) is 0.493. The fourth-order valence-electron chi connectivity index (χ4n) is 1.58. The molecule has 3 N–H and O–H groups in total. The van der Waals surface area contributed by atoms with Crippen LogP contribution in [0.2, 0.25) is 0 Å². The first-order valence-electron chi connectivity index (χ1n) is 5.75. The van der Waals surface area contributed by atoms with Gasteiger partial charge in [-0.15, -0.1) is 0 Å². The van der Waals surface area contributed by atoms with E-state index in [1.165, 1.54) is 19.9 Å². The van der Waals surface area contributed by atoms with Crippen LogP contribution in [-0.2, 0) is 6.42 Å². The molecule has 0 aliphatic rings. The van der Waals surface area contributed by atoms with Crippen LogP contribution in [0.25, 0.3) is 0 Å². The van der Waals surface area contributed by atoms with Crippen molar-refractivity contribution in [2.45, 2.75) is 38.9 Å². The van der Waals surface area contributed by atoms with Crippen molar-refractivity contribution in [1.29, 1.82) is 0 Å². The number of nitrogens with two attached hydrogens (primary N) is 1. The van der Waals surface area contributed by atoms with Crippen molar-refractivity contribution in [3.63, 3.8) is 0 Å². The molecule has 0 saturated carbocycles. The molecule has 0 amide bonds. The third kappa shape index (κ3) is 4.69. The van der Waals surface area contributed by atoms with Crippen LogP contribution in [0.15, 0.2) is 18.2 Å². The van der Waals surface area contributed by atoms with Gasteiger partial charge in [-0.1, -0.05) is 12.1 Å². The summed E-state index contributed by atoms with van der Waals surface area (Å²) in [7, 11) is 0. The second-order valence-electron chi connectivity index (χ2n) is 5.03. The number of halogens is 2. The average molecular weight is 242 g/mol. The summed E-state index contributed by atoms with van der Waals surface area (Å²) in [6, 6.07) is 4.95. The topological polar surface area (TPSA) is 38.0 Å². The lowest BCUT2D eigenvalue weighted by Gasteiger charge is -2.20. The number of nitrogens with one attached hydrogen (secondary N) is 1. The summed E-state index contributed by atoms with van der Waals surface area (Å²) in [6.45, 7) is 5.16. The summed E-state index contributed by atoms with van der Waals surface area (Å²) < 4.78 is 26.9. The Morgan fingerprint density at radius 1 is 1.41 bits per heavy atom. The molecule has 0 radical (unpaired) electrons. The fourth-order valence-corrected chi connectivity index (χ4v) is 1.58. The van der Waals surface area contributed by atoms with E-state index >= 15 is 0 Å². The number of benzene rings is 1. The first-order chi connectivity index (χ1) is 7.79. The van der Waals surface area contributed by atoms with Gasteiger partial charge in [-0.2, -0.15) is 0 Å². The second-order valence-corrected chi connectivity index (χ2v) is 5.03. The van der Waals surface area contributed by atoms with Gasteiger partial charge < -0.3 is 11.1 Å². The van der Waals surface area contributed by atoms with Crippen LogP contribution in [0, 0.1) is 5.82 Å². The average Bonchev–Trinajstić information content (AvgIpc) is 2.21. The van der Waals surface area contributed by atoms with Gasteiger partial charge in [0.25, 0.3) is 0 Å². The van der Waals surface area contributed by atoms with Crippen LogP contribution >= 0.6 is 0 Å². The Morgan fingerprint density at radius 2 is 2.06 bits per heavy atom. The molecule has 0 fully saturated rings. The van der Waals surface area contributed by atoms with E-state index in [-0.39, 0.29) is 24.1 Å². The quantitative estimate of drug-likeness (QED) is 0.779. The summed E-state index contributed by atoms with van der Waals surface area (Å²) in [5.41, 5.74) is 4.93. The minimum Gasteiger partial charge on any atom is -0.396 e. The van der Waals surface area contributed by atoms with E-state index in [9.17, 15) is 8.78 Å². The number of anilines is 1. The predicted octanol–water partition coefficient (Wildman–Crippen LogP) is 2.68. The highest BCUT2D eigenvalue weighted by molar-refractivity contribution is 5.43. The molecule has 1 rings (SSSR count). The highest BCUT2D eigenvalue weighted by atomic mass is 19.1. The Morgan fingerprint density at radius 3 is 2.65 bits per heavy atom. The maximum Gasteiger partial charge on any atom is 0.149 e. The predicted molar refractivity (Wildman–Crippen MR) is 67.2 cm³/mol. The molecule has 4 heteroatoms. The lowest BCUT2D eigenvalue weighted by Crippen LogP contribution is -2.38. The van der Waals surface area contributed by atoms with Crippen molar-refractivity contribution in [2.75, 3.05) is 12.3 Å². The van der Waals surface area contributed by atoms with Crippen LogP contribution in [0.4, 0.5) is 14.5 Å². The van der Waals surface area contributed by atoms with Crippen molar-refractivity contribution in [2.24, 2.45) is 0 Å². The zero-order valence-corrected chi connectivity index (χ0v) is 10.6. The van der Waals surface area contributed by atoms with Crippen molar-refractivity contribution in [3.8, 4) is 0 Å². The van der Waals surface area contributed by atoms with Crippen molar-refractivity contribution < 1.29 is 8.78 Å². The standard InChI is InChI=1S/C13H20F2N2/c1-9(17-8-13(2,3)15)7-10-5-4-6-11(16)12(10)14/h4-6,9,17H,7-8,16H2,1-3H3/t9-/m1/s1. The molecular formula is C13H20F2N2. The van der Waals surface area contributed by atoms with E-state index in [2.05, 4.69) is 5.32 Å². The number of hydrogen-bond acceptors (Lipinski definition) is 2. The maximum atomic E-state index is 13.6. The Bertz CT molecular complexity index is 372. The summed E-state index contributed by atoms with van der Waals surface area (Å²) in [5, 5.41) is 3.04. The van der Waals surface area contributed by atoms with Crippen LogP contribution in [-0.4, -0.2) is 18.3 Å². The van der Waals surface area contributed by atoms with Gasteiger partial charge in [-0.3, -0.25) is 0 Å². The molecule has 0 unspecified atom stereocenters. The summed E-state index contributed by atoms with van der Waals surface area (Å²) in [4.78, 5) is 0. The van der Waals surface area contributed by atoms with E-state index in [4.69, 9.17) is 5.73 Å². The molecule has 0 heterocycles. The molecule has 1 aromatic carbocycles. The van der Waals surface area contributed by atoms with E-state index < -0.39 is 5.67 Å². The van der Waals surface area contributed by atoms with Crippen LogP contribution in [0.5, 0.6) is 0 Å². The van der Waals surface area contributed by atoms with Crippen molar-refractivity contribution >= 4 is 5.69 Å². The first-order valence-corrected chi connectivity index (χ1v) is 5.75. The molecule has 0 aromatic heterocycles. The number of alkyl halides is 1. The highest BCUT2D eigenvalue weighted by Gasteiger charge is 2.17. The van der Waals surface area contributed by atoms with Crippen molar-refractivity contribution in [1.82, 2.24) is 5.32 Å². The minimum absolute atomic E-state index is 0.00123.